The van der Waals surface area contributed by atoms with Gasteiger partial charge in [0.2, 0.25) is 0 Å². The second-order valence-corrected chi connectivity index (χ2v) is 5.34. The van der Waals surface area contributed by atoms with Crippen molar-refractivity contribution in [1.29, 1.82) is 0 Å². The van der Waals surface area contributed by atoms with E-state index in [1.165, 1.54) is 6.07 Å². The molecule has 112 valence electrons. The number of benzene rings is 2. The molecule has 0 aliphatic heterocycles. The fraction of sp³-hybridized carbons (Fsp3) is 0.250. The van der Waals surface area contributed by atoms with Crippen molar-refractivity contribution in [2.75, 3.05) is 0 Å². The summed E-state index contributed by atoms with van der Waals surface area (Å²) in [5.74, 6) is -1.17. The molecule has 0 aliphatic rings. The van der Waals surface area contributed by atoms with Crippen LogP contribution >= 0.6 is 11.6 Å². The Morgan fingerprint density at radius 3 is 2.62 bits per heavy atom. The molecule has 0 aliphatic carbocycles. The van der Waals surface area contributed by atoms with E-state index in [-0.39, 0.29) is 12.6 Å². The van der Waals surface area contributed by atoms with E-state index in [4.69, 9.17) is 22.1 Å². The molecule has 0 amide bonds. The lowest BCUT2D eigenvalue weighted by atomic mass is 10.1. The Balaban J connectivity index is 2.15. The van der Waals surface area contributed by atoms with Crippen LogP contribution in [0.15, 0.2) is 36.4 Å². The van der Waals surface area contributed by atoms with E-state index in [9.17, 15) is 8.78 Å². The Morgan fingerprint density at radius 1 is 1.19 bits per heavy atom. The van der Waals surface area contributed by atoms with Gasteiger partial charge in [-0.15, -0.1) is 0 Å². The Bertz CT molecular complexity index is 632. The fourth-order valence-corrected chi connectivity index (χ4v) is 2.23. The van der Waals surface area contributed by atoms with E-state index in [0.717, 1.165) is 17.7 Å². The van der Waals surface area contributed by atoms with Crippen LogP contribution in [0.1, 0.15) is 18.1 Å². The molecule has 2 nitrogen and oxygen atoms in total. The highest BCUT2D eigenvalue weighted by atomic mass is 35.5. The standard InChI is InChI=1S/C16H16ClF2NO/c1-10(20)7-12-13(17)3-2-4-16(12)21-9-11-5-6-14(18)15(19)8-11/h2-6,8,10H,7,9,20H2,1H3. The monoisotopic (exact) mass is 311 g/mol. The molecule has 2 N–H and O–H groups in total. The molecular formula is C16H16ClF2NO. The third kappa shape index (κ3) is 4.16. The average Bonchev–Trinajstić information content (AvgIpc) is 2.43. The van der Waals surface area contributed by atoms with E-state index in [0.29, 0.717) is 22.8 Å². The number of ether oxygens (including phenoxy) is 1. The first-order chi connectivity index (χ1) is 9.97. The summed E-state index contributed by atoms with van der Waals surface area (Å²) < 4.78 is 31.7. The molecular weight excluding hydrogens is 296 g/mol. The van der Waals surface area contributed by atoms with Gasteiger partial charge in [0.05, 0.1) is 0 Å². The molecule has 2 aromatic carbocycles. The quantitative estimate of drug-likeness (QED) is 0.902. The molecule has 0 spiro atoms. The summed E-state index contributed by atoms with van der Waals surface area (Å²) in [6, 6.07) is 8.94. The highest BCUT2D eigenvalue weighted by Crippen LogP contribution is 2.28. The van der Waals surface area contributed by atoms with Gasteiger partial charge in [-0.25, -0.2) is 8.78 Å². The molecule has 1 unspecified atom stereocenters. The molecule has 21 heavy (non-hydrogen) atoms. The normalized spacial score (nSPS) is 12.2. The van der Waals surface area contributed by atoms with Crippen LogP contribution in [0.25, 0.3) is 0 Å². The van der Waals surface area contributed by atoms with Gasteiger partial charge < -0.3 is 10.5 Å². The first-order valence-electron chi connectivity index (χ1n) is 6.57. The molecule has 0 fully saturated rings. The van der Waals surface area contributed by atoms with Crippen LogP contribution in [0.4, 0.5) is 8.78 Å². The fourth-order valence-electron chi connectivity index (χ4n) is 1.98. The Labute approximate surface area is 127 Å². The van der Waals surface area contributed by atoms with Gasteiger partial charge in [0, 0.05) is 16.6 Å². The van der Waals surface area contributed by atoms with E-state index in [2.05, 4.69) is 0 Å². The van der Waals surface area contributed by atoms with Crippen LogP contribution in [0.5, 0.6) is 5.75 Å². The van der Waals surface area contributed by atoms with Crippen molar-refractivity contribution in [3.63, 3.8) is 0 Å². The maximum Gasteiger partial charge on any atom is 0.159 e. The van der Waals surface area contributed by atoms with Crippen LogP contribution in [0.2, 0.25) is 5.02 Å². The third-order valence-corrected chi connectivity index (χ3v) is 3.33. The summed E-state index contributed by atoms with van der Waals surface area (Å²) in [5, 5.41) is 0.579. The van der Waals surface area contributed by atoms with Crippen LogP contribution < -0.4 is 10.5 Å². The van der Waals surface area contributed by atoms with E-state index >= 15 is 0 Å². The van der Waals surface area contributed by atoms with Gasteiger partial charge in [-0.3, -0.25) is 0 Å². The number of halogens is 3. The van der Waals surface area contributed by atoms with Crippen molar-refractivity contribution in [2.24, 2.45) is 5.73 Å². The van der Waals surface area contributed by atoms with Gasteiger partial charge in [0.1, 0.15) is 12.4 Å². The summed E-state index contributed by atoms with van der Waals surface area (Å²) in [6.07, 6.45) is 0.576. The van der Waals surface area contributed by atoms with Crippen molar-refractivity contribution >= 4 is 11.6 Å². The maximum absolute atomic E-state index is 13.2. The van der Waals surface area contributed by atoms with Crippen molar-refractivity contribution in [1.82, 2.24) is 0 Å². The van der Waals surface area contributed by atoms with E-state index < -0.39 is 11.6 Å². The van der Waals surface area contributed by atoms with Gasteiger partial charge in [-0.05, 0) is 43.2 Å². The van der Waals surface area contributed by atoms with Crippen molar-refractivity contribution in [3.05, 3.63) is 64.2 Å². The molecule has 0 radical (unpaired) electrons. The zero-order valence-electron chi connectivity index (χ0n) is 11.6. The van der Waals surface area contributed by atoms with Gasteiger partial charge in [-0.1, -0.05) is 23.7 Å². The predicted molar refractivity (Wildman–Crippen MR) is 79.5 cm³/mol. The lowest BCUT2D eigenvalue weighted by Crippen LogP contribution is -2.18. The Morgan fingerprint density at radius 2 is 1.95 bits per heavy atom. The smallest absolute Gasteiger partial charge is 0.159 e. The lowest BCUT2D eigenvalue weighted by Gasteiger charge is -2.14. The summed E-state index contributed by atoms with van der Waals surface area (Å²) in [7, 11) is 0. The Kier molecular flexibility index (Phi) is 5.15. The minimum absolute atomic E-state index is 0.0597. The van der Waals surface area contributed by atoms with E-state index in [1.54, 1.807) is 18.2 Å². The molecule has 2 rings (SSSR count). The van der Waals surface area contributed by atoms with Crippen LogP contribution in [0, 0.1) is 11.6 Å². The number of nitrogens with two attached hydrogens (primary N) is 1. The van der Waals surface area contributed by atoms with Crippen molar-refractivity contribution in [2.45, 2.75) is 26.0 Å². The van der Waals surface area contributed by atoms with Crippen LogP contribution in [-0.4, -0.2) is 6.04 Å². The number of hydrogen-bond donors (Lipinski definition) is 1. The topological polar surface area (TPSA) is 35.2 Å². The molecule has 0 heterocycles. The molecule has 0 aromatic heterocycles. The molecule has 0 bridgehead atoms. The zero-order chi connectivity index (χ0) is 15.4. The highest BCUT2D eigenvalue weighted by Gasteiger charge is 2.11. The van der Waals surface area contributed by atoms with Gasteiger partial charge >= 0.3 is 0 Å². The van der Waals surface area contributed by atoms with Crippen LogP contribution in [-0.2, 0) is 13.0 Å². The maximum atomic E-state index is 13.2. The first kappa shape index (κ1) is 15.7. The highest BCUT2D eigenvalue weighted by molar-refractivity contribution is 6.31. The van der Waals surface area contributed by atoms with Crippen molar-refractivity contribution < 1.29 is 13.5 Å². The zero-order valence-corrected chi connectivity index (χ0v) is 12.3. The third-order valence-electron chi connectivity index (χ3n) is 2.98. The summed E-state index contributed by atoms with van der Waals surface area (Å²) >= 11 is 6.16. The SMILES string of the molecule is CC(N)Cc1c(Cl)cccc1OCc1ccc(F)c(F)c1. The second kappa shape index (κ2) is 6.87. The predicted octanol–water partition coefficient (Wildman–Crippen LogP) is 4.09. The lowest BCUT2D eigenvalue weighted by molar-refractivity contribution is 0.301. The van der Waals surface area contributed by atoms with Gasteiger partial charge in [0.25, 0.3) is 0 Å². The van der Waals surface area contributed by atoms with E-state index in [1.807, 2.05) is 6.92 Å². The molecule has 5 heteroatoms. The minimum atomic E-state index is -0.891. The van der Waals surface area contributed by atoms with Gasteiger partial charge in [-0.2, -0.15) is 0 Å². The number of rotatable bonds is 5. The van der Waals surface area contributed by atoms with Crippen LogP contribution in [0.3, 0.4) is 0 Å². The Hall–Kier alpha value is -1.65. The van der Waals surface area contributed by atoms with Crippen molar-refractivity contribution in [3.8, 4) is 5.75 Å². The first-order valence-corrected chi connectivity index (χ1v) is 6.95. The minimum Gasteiger partial charge on any atom is -0.489 e. The molecule has 1 atom stereocenters. The molecule has 2 aromatic rings. The average molecular weight is 312 g/mol. The number of hydrogen-bond acceptors (Lipinski definition) is 2. The summed E-state index contributed by atoms with van der Waals surface area (Å²) in [4.78, 5) is 0. The van der Waals surface area contributed by atoms with Gasteiger partial charge in [0.15, 0.2) is 11.6 Å². The molecule has 0 saturated carbocycles. The second-order valence-electron chi connectivity index (χ2n) is 4.94. The largest absolute Gasteiger partial charge is 0.489 e. The summed E-state index contributed by atoms with van der Waals surface area (Å²) in [6.45, 7) is 2.01. The summed E-state index contributed by atoms with van der Waals surface area (Å²) in [5.41, 5.74) is 7.16. The molecule has 0 saturated heterocycles.